The van der Waals surface area contributed by atoms with E-state index < -0.39 is 28.4 Å². The molecule has 0 atom stereocenters. The number of carbonyl (C=O) groups excluding carboxylic acids is 2. The fourth-order valence-corrected chi connectivity index (χ4v) is 4.64. The highest BCUT2D eigenvalue weighted by atomic mass is 35.5. The molecule has 1 aliphatic rings. The highest BCUT2D eigenvalue weighted by Gasteiger charge is 2.27. The second-order valence-electron chi connectivity index (χ2n) is 6.52. The molecule has 29 heavy (non-hydrogen) atoms. The van der Waals surface area contributed by atoms with Gasteiger partial charge in [0.05, 0.1) is 4.90 Å². The van der Waals surface area contributed by atoms with Gasteiger partial charge in [-0.15, -0.1) is 0 Å². The first-order chi connectivity index (χ1) is 13.9. The van der Waals surface area contributed by atoms with E-state index in [0.29, 0.717) is 23.7 Å². The fraction of sp³-hybridized carbons (Fsp3) is 0.238. The van der Waals surface area contributed by atoms with E-state index >= 15 is 0 Å². The average molecular weight is 434 g/mol. The molecule has 2 aromatic carbocycles. The van der Waals surface area contributed by atoms with Crippen LogP contribution < -0.4 is 0 Å². The van der Waals surface area contributed by atoms with Crippen LogP contribution in [-0.4, -0.2) is 44.2 Å². The summed E-state index contributed by atoms with van der Waals surface area (Å²) in [6, 6.07) is 12.7. The molecule has 1 aliphatic heterocycles. The number of nitrogens with zero attached hydrogens (tertiary/aromatic N) is 1. The molecule has 0 amide bonds. The fourth-order valence-electron chi connectivity index (χ4n) is 2.93. The highest BCUT2D eigenvalue weighted by molar-refractivity contribution is 7.89. The summed E-state index contributed by atoms with van der Waals surface area (Å²) in [7, 11) is -3.53. The molecular weight excluding hydrogens is 414 g/mol. The third kappa shape index (κ3) is 5.32. The maximum absolute atomic E-state index is 12.5. The Labute approximate surface area is 174 Å². The minimum atomic E-state index is -3.53. The number of Topliss-reactive ketones (excluding diaryl/α,β-unsaturated/α-hetero) is 1. The lowest BCUT2D eigenvalue weighted by Gasteiger charge is -2.15. The summed E-state index contributed by atoms with van der Waals surface area (Å²) in [5.41, 5.74) is 0.931. The first-order valence-corrected chi connectivity index (χ1v) is 10.9. The molecule has 1 fully saturated rings. The van der Waals surface area contributed by atoms with Gasteiger partial charge in [0, 0.05) is 29.8 Å². The molecule has 0 spiro atoms. The van der Waals surface area contributed by atoms with Crippen molar-refractivity contribution < 1.29 is 22.7 Å². The van der Waals surface area contributed by atoms with Gasteiger partial charge < -0.3 is 4.74 Å². The standard InChI is InChI=1S/C21H20ClNO5S/c22-19-6-2-1-5-16(19)9-12-21(25)28-15-20(24)17-7-10-18(11-8-17)29(26,27)23-13-3-4-14-23/h1-2,5-12H,3-4,13-15H2/b12-9+. The Bertz CT molecular complexity index is 1030. The van der Waals surface area contributed by atoms with Gasteiger partial charge in [0.1, 0.15) is 0 Å². The molecule has 8 heteroatoms. The van der Waals surface area contributed by atoms with Gasteiger partial charge >= 0.3 is 5.97 Å². The maximum atomic E-state index is 12.5. The number of ketones is 1. The van der Waals surface area contributed by atoms with Crippen molar-refractivity contribution in [3.63, 3.8) is 0 Å². The first kappa shape index (κ1) is 21.2. The van der Waals surface area contributed by atoms with Crippen LogP contribution >= 0.6 is 11.6 Å². The SMILES string of the molecule is O=C(/C=C/c1ccccc1Cl)OCC(=O)c1ccc(S(=O)(=O)N2CCCC2)cc1. The van der Waals surface area contributed by atoms with Crippen molar-refractivity contribution in [1.29, 1.82) is 0 Å². The molecular formula is C21H20ClNO5S. The van der Waals surface area contributed by atoms with Gasteiger partial charge in [-0.25, -0.2) is 13.2 Å². The Kier molecular flexibility index (Phi) is 6.84. The van der Waals surface area contributed by atoms with E-state index in [1.165, 1.54) is 40.7 Å². The normalized spacial score (nSPS) is 14.9. The number of rotatable bonds is 7. The molecule has 3 rings (SSSR count). The predicted octanol–water partition coefficient (Wildman–Crippen LogP) is 3.56. The zero-order valence-corrected chi connectivity index (χ0v) is 17.2. The van der Waals surface area contributed by atoms with E-state index in [2.05, 4.69) is 0 Å². The Morgan fingerprint density at radius 1 is 1.03 bits per heavy atom. The number of hydrogen-bond acceptors (Lipinski definition) is 5. The zero-order chi connectivity index (χ0) is 20.9. The second kappa shape index (κ2) is 9.35. The van der Waals surface area contributed by atoms with Crippen LogP contribution in [0.4, 0.5) is 0 Å². The van der Waals surface area contributed by atoms with Crippen LogP contribution in [0, 0.1) is 0 Å². The lowest BCUT2D eigenvalue weighted by atomic mass is 10.1. The minimum Gasteiger partial charge on any atom is -0.454 e. The first-order valence-electron chi connectivity index (χ1n) is 9.11. The van der Waals surface area contributed by atoms with Crippen LogP contribution in [0.1, 0.15) is 28.8 Å². The monoisotopic (exact) mass is 433 g/mol. The van der Waals surface area contributed by atoms with Crippen LogP contribution in [-0.2, 0) is 19.6 Å². The summed E-state index contributed by atoms with van der Waals surface area (Å²) in [5, 5.41) is 0.497. The van der Waals surface area contributed by atoms with E-state index in [4.69, 9.17) is 16.3 Å². The van der Waals surface area contributed by atoms with Crippen LogP contribution in [0.25, 0.3) is 6.08 Å². The predicted molar refractivity (Wildman–Crippen MR) is 110 cm³/mol. The number of halogens is 1. The number of esters is 1. The second-order valence-corrected chi connectivity index (χ2v) is 8.87. The van der Waals surface area contributed by atoms with Gasteiger partial charge in [0.15, 0.2) is 12.4 Å². The third-order valence-corrected chi connectivity index (χ3v) is 6.79. The summed E-state index contributed by atoms with van der Waals surface area (Å²) >= 11 is 6.00. The van der Waals surface area contributed by atoms with Gasteiger partial charge in [0.25, 0.3) is 0 Å². The van der Waals surface area contributed by atoms with Crippen LogP contribution in [0.2, 0.25) is 5.02 Å². The maximum Gasteiger partial charge on any atom is 0.331 e. The van der Waals surface area contributed by atoms with Crippen molar-refractivity contribution >= 4 is 39.5 Å². The molecule has 1 saturated heterocycles. The summed E-state index contributed by atoms with van der Waals surface area (Å²) in [6.45, 7) is 0.589. The smallest absolute Gasteiger partial charge is 0.331 e. The van der Waals surface area contributed by atoms with Gasteiger partial charge in [-0.3, -0.25) is 4.79 Å². The van der Waals surface area contributed by atoms with Crippen molar-refractivity contribution in [2.24, 2.45) is 0 Å². The van der Waals surface area contributed by atoms with Crippen molar-refractivity contribution in [2.45, 2.75) is 17.7 Å². The van der Waals surface area contributed by atoms with Crippen LogP contribution in [0.15, 0.2) is 59.5 Å². The summed E-state index contributed by atoms with van der Waals surface area (Å²) in [6.07, 6.45) is 4.41. The molecule has 0 aromatic heterocycles. The average Bonchev–Trinajstić information content (AvgIpc) is 3.27. The molecule has 0 aliphatic carbocycles. The Balaban J connectivity index is 1.57. The van der Waals surface area contributed by atoms with E-state index in [-0.39, 0.29) is 10.5 Å². The molecule has 0 N–H and O–H groups in total. The number of sulfonamides is 1. The number of carbonyl (C=O) groups is 2. The van der Waals surface area contributed by atoms with Crippen molar-refractivity contribution in [1.82, 2.24) is 4.31 Å². The minimum absolute atomic E-state index is 0.149. The van der Waals surface area contributed by atoms with Gasteiger partial charge in [0.2, 0.25) is 10.0 Å². The molecule has 1 heterocycles. The Morgan fingerprint density at radius 3 is 2.34 bits per heavy atom. The third-order valence-electron chi connectivity index (χ3n) is 4.53. The van der Waals surface area contributed by atoms with E-state index in [0.717, 1.165) is 12.8 Å². The molecule has 2 aromatic rings. The molecule has 0 unspecified atom stereocenters. The van der Waals surface area contributed by atoms with Crippen LogP contribution in [0.5, 0.6) is 0 Å². The van der Waals surface area contributed by atoms with Crippen molar-refractivity contribution in [3.05, 3.63) is 70.8 Å². The largest absolute Gasteiger partial charge is 0.454 e. The van der Waals surface area contributed by atoms with Crippen molar-refractivity contribution in [3.8, 4) is 0 Å². The van der Waals surface area contributed by atoms with E-state index in [9.17, 15) is 18.0 Å². The zero-order valence-electron chi connectivity index (χ0n) is 15.6. The lowest BCUT2D eigenvalue weighted by Crippen LogP contribution is -2.27. The Morgan fingerprint density at radius 2 is 1.69 bits per heavy atom. The van der Waals surface area contributed by atoms with Gasteiger partial charge in [-0.2, -0.15) is 4.31 Å². The number of benzene rings is 2. The molecule has 0 bridgehead atoms. The number of hydrogen-bond donors (Lipinski definition) is 0. The molecule has 0 saturated carbocycles. The molecule has 152 valence electrons. The van der Waals surface area contributed by atoms with Gasteiger partial charge in [-0.1, -0.05) is 29.8 Å². The quantitative estimate of drug-likeness (QED) is 0.379. The van der Waals surface area contributed by atoms with E-state index in [1.807, 2.05) is 0 Å². The highest BCUT2D eigenvalue weighted by Crippen LogP contribution is 2.21. The summed E-state index contributed by atoms with van der Waals surface area (Å²) in [4.78, 5) is 24.2. The molecule has 0 radical (unpaired) electrons. The summed E-state index contributed by atoms with van der Waals surface area (Å²) in [5.74, 6) is -1.10. The number of ether oxygens (including phenoxy) is 1. The molecule has 6 nitrogen and oxygen atoms in total. The van der Waals surface area contributed by atoms with Gasteiger partial charge in [-0.05, 0) is 54.8 Å². The Hall–Kier alpha value is -2.48. The summed E-state index contributed by atoms with van der Waals surface area (Å²) < 4.78 is 31.4. The lowest BCUT2D eigenvalue weighted by molar-refractivity contribution is -0.136. The van der Waals surface area contributed by atoms with E-state index in [1.54, 1.807) is 24.3 Å². The van der Waals surface area contributed by atoms with Crippen LogP contribution in [0.3, 0.4) is 0 Å². The topological polar surface area (TPSA) is 80.8 Å². The van der Waals surface area contributed by atoms with Crippen molar-refractivity contribution in [2.75, 3.05) is 19.7 Å².